The van der Waals surface area contributed by atoms with Gasteiger partial charge in [-0.2, -0.15) is 0 Å². The van der Waals surface area contributed by atoms with E-state index in [1.165, 1.54) is 0 Å². The van der Waals surface area contributed by atoms with E-state index in [1.807, 2.05) is 31.3 Å². The number of ether oxygens (including phenoxy) is 1. The number of carbonyl (C=O) groups excluding carboxylic acids is 1. The highest BCUT2D eigenvalue weighted by Crippen LogP contribution is 2.24. The molecule has 0 saturated carbocycles. The topological polar surface area (TPSA) is 84.7 Å². The van der Waals surface area contributed by atoms with E-state index in [9.17, 15) is 9.90 Å². The Balaban J connectivity index is 1.46. The van der Waals surface area contributed by atoms with Gasteiger partial charge in [-0.1, -0.05) is 0 Å². The lowest BCUT2D eigenvalue weighted by molar-refractivity contribution is -0.120. The first-order valence-corrected chi connectivity index (χ1v) is 8.83. The Bertz CT molecular complexity index is 878. The molecule has 2 aromatic heterocycles. The fourth-order valence-electron chi connectivity index (χ4n) is 3.53. The van der Waals surface area contributed by atoms with Crippen molar-refractivity contribution in [2.75, 3.05) is 13.2 Å². The normalized spacial score (nSPS) is 21.5. The van der Waals surface area contributed by atoms with E-state index in [1.54, 1.807) is 6.20 Å². The fraction of sp³-hybridized carbons (Fsp3) is 0.400. The van der Waals surface area contributed by atoms with Crippen LogP contribution in [-0.4, -0.2) is 45.9 Å². The standard InChI is InChI=1S/C20H21N3O3/c1-12-4-13(2-3-21-12)20-18-9-22-16(5-14(18)8-23-20)7-17(24)6-15-10-26-11-19(15)25/h2-5,9,15,19,25H,6-8,10-11H2,1H3/t15-,19-/m0/s1. The van der Waals surface area contributed by atoms with Gasteiger partial charge in [0.05, 0.1) is 31.6 Å². The lowest BCUT2D eigenvalue weighted by Gasteiger charge is -2.11. The molecule has 1 N–H and O–H groups in total. The van der Waals surface area contributed by atoms with Crippen LogP contribution in [0.3, 0.4) is 0 Å². The molecule has 0 spiro atoms. The number of hydrogen-bond acceptors (Lipinski definition) is 6. The summed E-state index contributed by atoms with van der Waals surface area (Å²) in [6.45, 7) is 3.33. The van der Waals surface area contributed by atoms with Crippen molar-refractivity contribution in [3.05, 3.63) is 58.7 Å². The summed E-state index contributed by atoms with van der Waals surface area (Å²) in [7, 11) is 0. The Kier molecular flexibility index (Phi) is 4.61. The van der Waals surface area contributed by atoms with Crippen molar-refractivity contribution in [3.8, 4) is 0 Å². The van der Waals surface area contributed by atoms with Gasteiger partial charge >= 0.3 is 0 Å². The Hall–Kier alpha value is -2.44. The molecule has 1 fully saturated rings. The van der Waals surface area contributed by atoms with Crippen molar-refractivity contribution in [3.63, 3.8) is 0 Å². The van der Waals surface area contributed by atoms with E-state index in [2.05, 4.69) is 15.0 Å². The van der Waals surface area contributed by atoms with Crippen LogP contribution in [0.15, 0.2) is 35.6 Å². The van der Waals surface area contributed by atoms with Crippen molar-refractivity contribution in [1.82, 2.24) is 9.97 Å². The third kappa shape index (κ3) is 3.43. The largest absolute Gasteiger partial charge is 0.390 e. The molecule has 26 heavy (non-hydrogen) atoms. The molecule has 2 aliphatic rings. The second-order valence-electron chi connectivity index (χ2n) is 6.97. The average Bonchev–Trinajstić information content (AvgIpc) is 3.21. The quantitative estimate of drug-likeness (QED) is 0.885. The molecule has 2 aromatic rings. The van der Waals surface area contributed by atoms with Gasteiger partial charge in [-0.05, 0) is 30.7 Å². The van der Waals surface area contributed by atoms with Gasteiger partial charge in [-0.25, -0.2) is 0 Å². The summed E-state index contributed by atoms with van der Waals surface area (Å²) in [4.78, 5) is 25.6. The number of fused-ring (bicyclic) bond motifs is 1. The molecular weight excluding hydrogens is 330 g/mol. The SMILES string of the molecule is Cc1cc(C2=NCc3cc(CC(=O)C[C@H]4COC[C@@H]4O)ncc32)ccn1. The number of aliphatic hydroxyl groups is 1. The third-order valence-corrected chi connectivity index (χ3v) is 4.91. The second kappa shape index (κ2) is 7.05. The van der Waals surface area contributed by atoms with Crippen molar-refractivity contribution < 1.29 is 14.6 Å². The molecule has 0 amide bonds. The number of Topliss-reactive ketones (excluding diaryl/α,β-unsaturated/α-hetero) is 1. The number of hydrogen-bond donors (Lipinski definition) is 1. The highest BCUT2D eigenvalue weighted by molar-refractivity contribution is 6.15. The Labute approximate surface area is 152 Å². The molecule has 0 aromatic carbocycles. The van der Waals surface area contributed by atoms with Crippen LogP contribution in [0.2, 0.25) is 0 Å². The van der Waals surface area contributed by atoms with Gasteiger partial charge in [0.1, 0.15) is 5.78 Å². The van der Waals surface area contributed by atoms with Crippen LogP contribution in [0.4, 0.5) is 0 Å². The van der Waals surface area contributed by atoms with Crippen molar-refractivity contribution in [1.29, 1.82) is 0 Å². The maximum Gasteiger partial charge on any atom is 0.139 e. The van der Waals surface area contributed by atoms with Gasteiger partial charge in [-0.15, -0.1) is 0 Å². The summed E-state index contributed by atoms with van der Waals surface area (Å²) >= 11 is 0. The first-order chi connectivity index (χ1) is 12.6. The van der Waals surface area contributed by atoms with Crippen molar-refractivity contribution in [2.45, 2.75) is 32.4 Å². The van der Waals surface area contributed by atoms with Crippen molar-refractivity contribution in [2.24, 2.45) is 10.9 Å². The second-order valence-corrected chi connectivity index (χ2v) is 6.97. The maximum atomic E-state index is 12.3. The van der Waals surface area contributed by atoms with Crippen LogP contribution in [0, 0.1) is 12.8 Å². The zero-order valence-corrected chi connectivity index (χ0v) is 14.7. The number of aryl methyl sites for hydroxylation is 1. The molecule has 6 heteroatoms. The minimum absolute atomic E-state index is 0.0795. The highest BCUT2D eigenvalue weighted by atomic mass is 16.5. The van der Waals surface area contributed by atoms with E-state index in [0.717, 1.165) is 33.8 Å². The monoisotopic (exact) mass is 351 g/mol. The van der Waals surface area contributed by atoms with Crippen LogP contribution >= 0.6 is 0 Å². The molecule has 0 bridgehead atoms. The van der Waals surface area contributed by atoms with E-state index in [-0.39, 0.29) is 18.1 Å². The van der Waals surface area contributed by atoms with Gasteiger partial charge in [0.15, 0.2) is 0 Å². The lowest BCUT2D eigenvalue weighted by atomic mass is 9.96. The van der Waals surface area contributed by atoms with Gasteiger partial charge in [0.25, 0.3) is 0 Å². The Morgan fingerprint density at radius 2 is 2.19 bits per heavy atom. The summed E-state index contributed by atoms with van der Waals surface area (Å²) in [6.07, 6.45) is 3.67. The summed E-state index contributed by atoms with van der Waals surface area (Å²) in [5, 5.41) is 9.78. The number of aliphatic imine (C=N–C) groups is 1. The van der Waals surface area contributed by atoms with E-state index >= 15 is 0 Å². The summed E-state index contributed by atoms with van der Waals surface area (Å²) in [6, 6.07) is 5.94. The van der Waals surface area contributed by atoms with Gasteiger partial charge in [-0.3, -0.25) is 19.8 Å². The summed E-state index contributed by atoms with van der Waals surface area (Å²) in [5.74, 6) is -0.0160. The molecule has 4 rings (SSSR count). The van der Waals surface area contributed by atoms with Crippen molar-refractivity contribution >= 4 is 11.5 Å². The van der Waals surface area contributed by atoms with Crippen LogP contribution in [0.25, 0.3) is 0 Å². The van der Waals surface area contributed by atoms with E-state index in [0.29, 0.717) is 26.2 Å². The Morgan fingerprint density at radius 3 is 2.96 bits per heavy atom. The number of aromatic nitrogens is 2. The summed E-state index contributed by atoms with van der Waals surface area (Å²) in [5.41, 5.74) is 5.79. The molecule has 0 radical (unpaired) electrons. The molecule has 1 saturated heterocycles. The Morgan fingerprint density at radius 1 is 1.31 bits per heavy atom. The number of nitrogens with zero attached hydrogens (tertiary/aromatic N) is 3. The third-order valence-electron chi connectivity index (χ3n) is 4.91. The molecule has 2 aliphatic heterocycles. The zero-order chi connectivity index (χ0) is 18.1. The maximum absolute atomic E-state index is 12.3. The first-order valence-electron chi connectivity index (χ1n) is 8.83. The van der Waals surface area contributed by atoms with Crippen LogP contribution in [-0.2, 0) is 22.5 Å². The number of rotatable bonds is 5. The molecular formula is C20H21N3O3. The number of carbonyl (C=O) groups is 1. The van der Waals surface area contributed by atoms with Gasteiger partial charge in [0, 0.05) is 53.7 Å². The molecule has 2 atom stereocenters. The minimum atomic E-state index is -0.535. The van der Waals surface area contributed by atoms with E-state index in [4.69, 9.17) is 4.74 Å². The predicted octanol–water partition coefficient (Wildman–Crippen LogP) is 1.65. The van der Waals surface area contributed by atoms with Crippen LogP contribution in [0.5, 0.6) is 0 Å². The molecule has 0 aliphatic carbocycles. The zero-order valence-electron chi connectivity index (χ0n) is 14.7. The van der Waals surface area contributed by atoms with Crippen LogP contribution < -0.4 is 0 Å². The average molecular weight is 351 g/mol. The molecule has 4 heterocycles. The van der Waals surface area contributed by atoms with E-state index < -0.39 is 6.10 Å². The number of pyridine rings is 2. The highest BCUT2D eigenvalue weighted by Gasteiger charge is 2.28. The van der Waals surface area contributed by atoms with Gasteiger partial charge < -0.3 is 9.84 Å². The molecule has 134 valence electrons. The van der Waals surface area contributed by atoms with Crippen LogP contribution in [0.1, 0.15) is 34.5 Å². The smallest absolute Gasteiger partial charge is 0.139 e. The predicted molar refractivity (Wildman–Crippen MR) is 96.2 cm³/mol. The number of aliphatic hydroxyl groups excluding tert-OH is 1. The van der Waals surface area contributed by atoms with Gasteiger partial charge in [0.2, 0.25) is 0 Å². The minimum Gasteiger partial charge on any atom is -0.390 e. The number of ketones is 1. The lowest BCUT2D eigenvalue weighted by Crippen LogP contribution is -2.22. The molecule has 0 unspecified atom stereocenters. The molecule has 6 nitrogen and oxygen atoms in total. The fourth-order valence-corrected chi connectivity index (χ4v) is 3.53. The first kappa shape index (κ1) is 17.0. The summed E-state index contributed by atoms with van der Waals surface area (Å²) < 4.78 is 5.21.